The summed E-state index contributed by atoms with van der Waals surface area (Å²) < 4.78 is 0. The first-order valence-corrected chi connectivity index (χ1v) is 9.14. The molecule has 25 heavy (non-hydrogen) atoms. The molecule has 0 saturated heterocycles. The lowest BCUT2D eigenvalue weighted by Crippen LogP contribution is -2.22. The van der Waals surface area contributed by atoms with Gasteiger partial charge in [-0.05, 0) is 49.7 Å². The lowest BCUT2D eigenvalue weighted by Gasteiger charge is -2.24. The normalized spacial score (nSPS) is 12.8. The third-order valence-corrected chi connectivity index (χ3v) is 3.41. The van der Waals surface area contributed by atoms with E-state index in [1.165, 1.54) is 5.56 Å². The molecule has 0 aliphatic rings. The summed E-state index contributed by atoms with van der Waals surface area (Å²) in [4.78, 5) is 22.4. The van der Waals surface area contributed by atoms with Crippen LogP contribution in [0.2, 0.25) is 0 Å². The molecule has 0 amide bonds. The van der Waals surface area contributed by atoms with E-state index in [4.69, 9.17) is 19.6 Å². The number of hydrogen-bond acceptors (Lipinski definition) is 4. The molecule has 0 aromatic heterocycles. The minimum atomic E-state index is -0.418. The van der Waals surface area contributed by atoms with E-state index in [1.54, 1.807) is 0 Å². The van der Waals surface area contributed by atoms with Gasteiger partial charge >= 0.3 is 0 Å². The third kappa shape index (κ3) is 7.25. The van der Waals surface area contributed by atoms with Gasteiger partial charge in [-0.15, -0.1) is 0 Å². The average molecular weight is 353 g/mol. The van der Waals surface area contributed by atoms with Gasteiger partial charge < -0.3 is 9.78 Å². The Morgan fingerprint density at radius 3 is 1.88 bits per heavy atom. The summed E-state index contributed by atoms with van der Waals surface area (Å²) in [5.41, 5.74) is 1.92. The first-order chi connectivity index (χ1) is 11.3. The molecule has 0 heterocycles. The fourth-order valence-corrected chi connectivity index (χ4v) is 2.28. The molecule has 4 heteroatoms. The van der Waals surface area contributed by atoms with Crippen LogP contribution < -0.4 is 9.78 Å². The Bertz CT molecular complexity index is 548. The Hall–Kier alpha value is -1.26. The predicted molar refractivity (Wildman–Crippen MR) is 102 cm³/mol. The fraction of sp³-hybridized carbons (Fsp3) is 0.714. The smallest absolute Gasteiger partial charge is 0.215 e. The molecule has 1 aromatic carbocycles. The molecule has 0 saturated carbocycles. The van der Waals surface area contributed by atoms with Crippen molar-refractivity contribution in [2.75, 3.05) is 6.61 Å². The Morgan fingerprint density at radius 1 is 0.840 bits per heavy atom. The second-order valence-electron chi connectivity index (χ2n) is 9.39. The molecule has 0 bridgehead atoms. The van der Waals surface area contributed by atoms with Gasteiger partial charge in [0.25, 0.3) is 0 Å². The van der Waals surface area contributed by atoms with E-state index in [0.29, 0.717) is 24.0 Å². The molecule has 0 N–H and O–H groups in total. The maximum absolute atomic E-state index is 5.76. The molecule has 0 aliphatic heterocycles. The van der Waals surface area contributed by atoms with Crippen LogP contribution in [0.1, 0.15) is 92.2 Å². The topological polar surface area (TPSA) is 36.9 Å². The van der Waals surface area contributed by atoms with Crippen molar-refractivity contribution in [2.45, 2.75) is 86.7 Å². The van der Waals surface area contributed by atoms with Gasteiger partial charge in [0.15, 0.2) is 0 Å². The van der Waals surface area contributed by atoms with E-state index in [1.807, 2.05) is 26.8 Å². The third-order valence-electron chi connectivity index (χ3n) is 3.41. The summed E-state index contributed by atoms with van der Waals surface area (Å²) in [6, 6.07) is 3.97. The van der Waals surface area contributed by atoms with Crippen molar-refractivity contribution in [3.05, 3.63) is 23.3 Å². The molecule has 0 radical (unpaired) electrons. The van der Waals surface area contributed by atoms with Crippen LogP contribution in [-0.4, -0.2) is 12.2 Å². The summed E-state index contributed by atoms with van der Waals surface area (Å²) in [6.45, 7) is 21.2. The van der Waals surface area contributed by atoms with Gasteiger partial charge in [0.05, 0.1) is 6.61 Å². The molecule has 4 nitrogen and oxygen atoms in total. The molecule has 0 atom stereocenters. The largest absolute Gasteiger partial charge is 0.333 e. The molecule has 0 unspecified atom stereocenters. The predicted octanol–water partition coefficient (Wildman–Crippen LogP) is 6.40. The monoisotopic (exact) mass is 352 g/mol. The first kappa shape index (κ1) is 21.8. The summed E-state index contributed by atoms with van der Waals surface area (Å²) >= 11 is 0. The Labute approximate surface area is 153 Å². The van der Waals surface area contributed by atoms with Crippen molar-refractivity contribution in [3.63, 3.8) is 0 Å². The van der Waals surface area contributed by atoms with Crippen molar-refractivity contribution in [3.8, 4) is 11.5 Å². The highest BCUT2D eigenvalue weighted by atomic mass is 17.2. The first-order valence-electron chi connectivity index (χ1n) is 9.14. The van der Waals surface area contributed by atoms with E-state index in [9.17, 15) is 0 Å². The zero-order chi connectivity index (χ0) is 19.4. The molecule has 0 fully saturated rings. The Balaban J connectivity index is 3.23. The summed E-state index contributed by atoms with van der Waals surface area (Å²) in [5.74, 6) is 1.79. The van der Waals surface area contributed by atoms with E-state index >= 15 is 0 Å². The van der Waals surface area contributed by atoms with Crippen LogP contribution in [-0.2, 0) is 9.78 Å². The van der Waals surface area contributed by atoms with Crippen LogP contribution in [0, 0.1) is 5.41 Å². The molecular weight excluding hydrogens is 316 g/mol. The maximum Gasteiger partial charge on any atom is 0.215 e. The lowest BCUT2D eigenvalue weighted by molar-refractivity contribution is -0.280. The maximum atomic E-state index is 5.76. The van der Waals surface area contributed by atoms with E-state index in [-0.39, 0.29) is 11.3 Å². The van der Waals surface area contributed by atoms with Gasteiger partial charge in [-0.25, -0.2) is 0 Å². The minimum Gasteiger partial charge on any atom is -0.333 e. The lowest BCUT2D eigenvalue weighted by atomic mass is 9.89. The second-order valence-corrected chi connectivity index (χ2v) is 9.39. The summed E-state index contributed by atoms with van der Waals surface area (Å²) in [7, 11) is 0. The Kier molecular flexibility index (Phi) is 7.33. The molecule has 0 spiro atoms. The van der Waals surface area contributed by atoms with Gasteiger partial charge in [0, 0.05) is 5.56 Å². The highest BCUT2D eigenvalue weighted by molar-refractivity contribution is 5.52. The molecule has 0 aliphatic carbocycles. The van der Waals surface area contributed by atoms with Gasteiger partial charge in [-0.3, -0.25) is 0 Å². The van der Waals surface area contributed by atoms with E-state index in [0.717, 1.165) is 5.56 Å². The quantitative estimate of drug-likeness (QED) is 0.420. The molecular formula is C21H36O4. The molecule has 1 rings (SSSR count). The van der Waals surface area contributed by atoms with Gasteiger partial charge in [0.2, 0.25) is 11.5 Å². The fourth-order valence-electron chi connectivity index (χ4n) is 2.28. The van der Waals surface area contributed by atoms with Crippen LogP contribution in [0.3, 0.4) is 0 Å². The zero-order valence-electron chi connectivity index (χ0n) is 17.6. The molecule has 144 valence electrons. The van der Waals surface area contributed by atoms with Crippen molar-refractivity contribution < 1.29 is 19.6 Å². The van der Waals surface area contributed by atoms with Crippen LogP contribution in [0.4, 0.5) is 0 Å². The highest BCUT2D eigenvalue weighted by Crippen LogP contribution is 2.41. The Morgan fingerprint density at radius 2 is 1.44 bits per heavy atom. The summed E-state index contributed by atoms with van der Waals surface area (Å²) in [5, 5.41) is 0. The van der Waals surface area contributed by atoms with Gasteiger partial charge in [-0.2, -0.15) is 9.78 Å². The SMILES string of the molecule is CC(C)c1ccc(OOC(C)(C)C)c(OOCC(C)(C)C)c1C(C)C. The van der Waals surface area contributed by atoms with E-state index < -0.39 is 5.60 Å². The standard InChI is InChI=1S/C21H36O4/c1-14(2)16-11-12-17(23-25-21(8,9)10)19(18(16)15(3)4)24-22-13-20(5,6)7/h11-12,14-15H,13H2,1-10H3. The number of rotatable bonds is 7. The van der Waals surface area contributed by atoms with E-state index in [2.05, 4.69) is 54.5 Å². The zero-order valence-corrected chi connectivity index (χ0v) is 17.6. The average Bonchev–Trinajstić information content (AvgIpc) is 2.42. The van der Waals surface area contributed by atoms with Crippen molar-refractivity contribution in [2.24, 2.45) is 5.41 Å². The van der Waals surface area contributed by atoms with Crippen molar-refractivity contribution in [1.82, 2.24) is 0 Å². The van der Waals surface area contributed by atoms with Gasteiger partial charge in [-0.1, -0.05) is 54.5 Å². The van der Waals surface area contributed by atoms with Gasteiger partial charge in [0.1, 0.15) is 5.60 Å². The van der Waals surface area contributed by atoms with Crippen LogP contribution in [0.5, 0.6) is 11.5 Å². The van der Waals surface area contributed by atoms with Crippen molar-refractivity contribution in [1.29, 1.82) is 0 Å². The number of hydrogen-bond donors (Lipinski definition) is 0. The van der Waals surface area contributed by atoms with Crippen molar-refractivity contribution >= 4 is 0 Å². The minimum absolute atomic E-state index is 0.0105. The van der Waals surface area contributed by atoms with Crippen LogP contribution in [0.25, 0.3) is 0 Å². The summed E-state index contributed by atoms with van der Waals surface area (Å²) in [6.07, 6.45) is 0. The number of benzene rings is 1. The van der Waals surface area contributed by atoms with Crippen LogP contribution >= 0.6 is 0 Å². The highest BCUT2D eigenvalue weighted by Gasteiger charge is 2.24. The van der Waals surface area contributed by atoms with Crippen LogP contribution in [0.15, 0.2) is 12.1 Å². The second kappa shape index (κ2) is 8.41. The molecule has 1 aromatic rings.